The number of nitrogens with zero attached hydrogens (tertiary/aromatic N) is 1. The summed E-state index contributed by atoms with van der Waals surface area (Å²) in [5.41, 5.74) is -0.282. The molecule has 0 N–H and O–H groups in total. The molecule has 0 aliphatic rings. The Kier molecular flexibility index (Phi) is 1.96. The first-order chi connectivity index (χ1) is 5.25. The number of nitroso groups, excluding NO2 is 1. The first-order valence-electron chi connectivity index (χ1n) is 2.89. The van der Waals surface area contributed by atoms with E-state index in [4.69, 9.17) is 0 Å². The minimum atomic E-state index is -1.39. The second kappa shape index (κ2) is 2.92. The zero-order valence-corrected chi connectivity index (χ0v) is 5.48. The lowest BCUT2D eigenvalue weighted by atomic mass is 10.2. The standard InChI is InChI=1S/C7H5NO3/c9-7(10)5-3-1-2-4-6(5)8-11/h1-4H,(H,9,10)/p-1. The van der Waals surface area contributed by atoms with Crippen molar-refractivity contribution in [3.8, 4) is 0 Å². The van der Waals surface area contributed by atoms with Crippen LogP contribution in [0.15, 0.2) is 29.4 Å². The summed E-state index contributed by atoms with van der Waals surface area (Å²) < 4.78 is 0. The molecule has 0 aliphatic heterocycles. The van der Waals surface area contributed by atoms with Gasteiger partial charge in [-0.2, -0.15) is 0 Å². The van der Waals surface area contributed by atoms with Crippen LogP contribution in [0.5, 0.6) is 0 Å². The maximum absolute atomic E-state index is 10.3. The van der Waals surface area contributed by atoms with Crippen LogP contribution >= 0.6 is 0 Å². The van der Waals surface area contributed by atoms with E-state index in [1.54, 1.807) is 0 Å². The molecule has 0 fully saturated rings. The van der Waals surface area contributed by atoms with Gasteiger partial charge in [0.2, 0.25) is 0 Å². The lowest BCUT2D eigenvalue weighted by molar-refractivity contribution is -0.254. The summed E-state index contributed by atoms with van der Waals surface area (Å²) in [6.45, 7) is 0. The topological polar surface area (TPSA) is 69.6 Å². The molecule has 4 nitrogen and oxygen atoms in total. The first-order valence-corrected chi connectivity index (χ1v) is 2.89. The van der Waals surface area contributed by atoms with Gasteiger partial charge in [-0.3, -0.25) is 0 Å². The van der Waals surface area contributed by atoms with Crippen LogP contribution in [-0.4, -0.2) is 5.97 Å². The third-order valence-corrected chi connectivity index (χ3v) is 1.22. The third-order valence-electron chi connectivity index (χ3n) is 1.22. The van der Waals surface area contributed by atoms with Crippen LogP contribution in [0.4, 0.5) is 5.69 Å². The minimum Gasteiger partial charge on any atom is -0.545 e. The van der Waals surface area contributed by atoms with Gasteiger partial charge in [0, 0.05) is 5.56 Å². The van der Waals surface area contributed by atoms with Gasteiger partial charge in [0.25, 0.3) is 0 Å². The normalized spacial score (nSPS) is 9.09. The monoisotopic (exact) mass is 150 g/mol. The van der Waals surface area contributed by atoms with Gasteiger partial charge in [-0.1, -0.05) is 18.2 Å². The minimum absolute atomic E-state index is 0.104. The Hall–Kier alpha value is -1.71. The molecule has 0 saturated heterocycles. The van der Waals surface area contributed by atoms with Crippen LogP contribution in [-0.2, 0) is 0 Å². The molecule has 56 valence electrons. The number of rotatable bonds is 2. The Bertz CT molecular complexity index is 295. The highest BCUT2D eigenvalue weighted by atomic mass is 16.4. The van der Waals surface area contributed by atoms with E-state index in [2.05, 4.69) is 5.18 Å². The van der Waals surface area contributed by atoms with Crippen molar-refractivity contribution in [3.63, 3.8) is 0 Å². The lowest BCUT2D eigenvalue weighted by Crippen LogP contribution is -2.22. The van der Waals surface area contributed by atoms with Crippen LogP contribution in [0, 0.1) is 4.91 Å². The third kappa shape index (κ3) is 1.40. The van der Waals surface area contributed by atoms with Gasteiger partial charge in [0.1, 0.15) is 5.69 Å². The smallest absolute Gasteiger partial charge is 0.117 e. The van der Waals surface area contributed by atoms with Gasteiger partial charge < -0.3 is 9.90 Å². The molecule has 1 aromatic rings. The Balaban J connectivity index is 3.22. The van der Waals surface area contributed by atoms with E-state index in [1.807, 2.05) is 0 Å². The van der Waals surface area contributed by atoms with Crippen molar-refractivity contribution < 1.29 is 9.90 Å². The number of aromatic carboxylic acids is 1. The summed E-state index contributed by atoms with van der Waals surface area (Å²) in [5.74, 6) is -1.39. The van der Waals surface area contributed by atoms with Crippen LogP contribution in [0.1, 0.15) is 10.4 Å². The van der Waals surface area contributed by atoms with Crippen molar-refractivity contribution in [3.05, 3.63) is 34.7 Å². The van der Waals surface area contributed by atoms with Crippen LogP contribution < -0.4 is 5.11 Å². The zero-order valence-electron chi connectivity index (χ0n) is 5.48. The number of carboxylic acid groups (broad SMARTS) is 1. The second-order valence-corrected chi connectivity index (χ2v) is 1.90. The van der Waals surface area contributed by atoms with Gasteiger partial charge in [-0.15, -0.1) is 4.91 Å². The summed E-state index contributed by atoms with van der Waals surface area (Å²) >= 11 is 0. The predicted molar refractivity (Wildman–Crippen MR) is 36.2 cm³/mol. The summed E-state index contributed by atoms with van der Waals surface area (Å²) in [7, 11) is 0. The Morgan fingerprint density at radius 3 is 2.45 bits per heavy atom. The first kappa shape index (κ1) is 7.40. The van der Waals surface area contributed by atoms with Crippen molar-refractivity contribution in [1.82, 2.24) is 0 Å². The Morgan fingerprint density at radius 1 is 1.36 bits per heavy atom. The van der Waals surface area contributed by atoms with Crippen LogP contribution in [0.25, 0.3) is 0 Å². The molecule has 0 heterocycles. The maximum Gasteiger partial charge on any atom is 0.117 e. The molecule has 0 aliphatic carbocycles. The van der Waals surface area contributed by atoms with Crippen LogP contribution in [0.2, 0.25) is 0 Å². The molecule has 4 heteroatoms. The van der Waals surface area contributed by atoms with Crippen molar-refractivity contribution in [2.24, 2.45) is 5.18 Å². The fourth-order valence-electron chi connectivity index (χ4n) is 0.726. The zero-order chi connectivity index (χ0) is 8.27. The van der Waals surface area contributed by atoms with Gasteiger partial charge >= 0.3 is 0 Å². The Labute approximate surface area is 62.4 Å². The van der Waals surface area contributed by atoms with Crippen molar-refractivity contribution in [2.75, 3.05) is 0 Å². The molecule has 0 amide bonds. The lowest BCUT2D eigenvalue weighted by Gasteiger charge is -2.01. The molecular weight excluding hydrogens is 146 g/mol. The molecule has 0 radical (unpaired) electrons. The van der Waals surface area contributed by atoms with E-state index in [1.165, 1.54) is 24.3 Å². The summed E-state index contributed by atoms with van der Waals surface area (Å²) in [6.07, 6.45) is 0. The fourth-order valence-corrected chi connectivity index (χ4v) is 0.726. The molecule has 1 rings (SSSR count). The van der Waals surface area contributed by atoms with E-state index in [0.717, 1.165) is 0 Å². The quantitative estimate of drug-likeness (QED) is 0.574. The second-order valence-electron chi connectivity index (χ2n) is 1.90. The summed E-state index contributed by atoms with van der Waals surface area (Å²) in [6, 6.07) is 5.62. The van der Waals surface area contributed by atoms with E-state index < -0.39 is 5.97 Å². The molecule has 0 spiro atoms. The van der Waals surface area contributed by atoms with Crippen molar-refractivity contribution in [2.45, 2.75) is 0 Å². The number of carbonyl (C=O) groups excluding carboxylic acids is 1. The average molecular weight is 150 g/mol. The highest BCUT2D eigenvalue weighted by Crippen LogP contribution is 2.16. The van der Waals surface area contributed by atoms with Gasteiger partial charge in [-0.05, 0) is 11.2 Å². The van der Waals surface area contributed by atoms with E-state index >= 15 is 0 Å². The molecule has 0 bridgehead atoms. The number of carboxylic acids is 1. The van der Waals surface area contributed by atoms with E-state index in [-0.39, 0.29) is 11.3 Å². The van der Waals surface area contributed by atoms with Crippen LogP contribution in [0.3, 0.4) is 0 Å². The summed E-state index contributed by atoms with van der Waals surface area (Å²) in [4.78, 5) is 20.3. The van der Waals surface area contributed by atoms with Crippen molar-refractivity contribution >= 4 is 11.7 Å². The van der Waals surface area contributed by atoms with Gasteiger partial charge in [0.15, 0.2) is 0 Å². The number of hydrogen-bond donors (Lipinski definition) is 0. The molecule has 0 atom stereocenters. The van der Waals surface area contributed by atoms with Crippen molar-refractivity contribution in [1.29, 1.82) is 0 Å². The Morgan fingerprint density at radius 2 is 2.00 bits per heavy atom. The molecule has 11 heavy (non-hydrogen) atoms. The maximum atomic E-state index is 10.3. The van der Waals surface area contributed by atoms with Gasteiger partial charge in [-0.25, -0.2) is 0 Å². The molecule has 1 aromatic carbocycles. The molecule has 0 aromatic heterocycles. The highest BCUT2D eigenvalue weighted by Gasteiger charge is 2.00. The highest BCUT2D eigenvalue weighted by molar-refractivity contribution is 5.91. The SMILES string of the molecule is O=Nc1ccccc1C(=O)[O-]. The average Bonchev–Trinajstić information content (AvgIpc) is 2.04. The number of carbonyl (C=O) groups is 1. The largest absolute Gasteiger partial charge is 0.545 e. The molecular formula is C7H4NO3-. The van der Waals surface area contributed by atoms with E-state index in [9.17, 15) is 14.8 Å². The predicted octanol–water partition coefficient (Wildman–Crippen LogP) is 0.448. The molecule has 0 unspecified atom stereocenters. The molecule has 0 saturated carbocycles. The van der Waals surface area contributed by atoms with Gasteiger partial charge in [0.05, 0.1) is 5.97 Å². The fraction of sp³-hybridized carbons (Fsp3) is 0. The number of benzene rings is 1. The van der Waals surface area contributed by atoms with E-state index in [0.29, 0.717) is 0 Å². The number of hydrogen-bond acceptors (Lipinski definition) is 4. The summed E-state index contributed by atoms with van der Waals surface area (Å²) in [5, 5.41) is 12.8.